The van der Waals surface area contributed by atoms with Crippen LogP contribution in [0.5, 0.6) is 5.75 Å². The van der Waals surface area contributed by atoms with E-state index in [0.29, 0.717) is 23.4 Å². The smallest absolute Gasteiger partial charge is 0.336 e. The molecule has 0 radical (unpaired) electrons. The van der Waals surface area contributed by atoms with Gasteiger partial charge in [0.1, 0.15) is 11.3 Å². The highest BCUT2D eigenvalue weighted by Crippen LogP contribution is 2.23. The molecule has 3 aromatic rings. The maximum Gasteiger partial charge on any atom is 0.336 e. The van der Waals surface area contributed by atoms with Gasteiger partial charge in [-0.1, -0.05) is 6.92 Å². The summed E-state index contributed by atoms with van der Waals surface area (Å²) in [5.41, 5.74) is 1.04. The van der Waals surface area contributed by atoms with Crippen molar-refractivity contribution < 1.29 is 13.9 Å². The van der Waals surface area contributed by atoms with Crippen molar-refractivity contribution >= 4 is 16.9 Å². The van der Waals surface area contributed by atoms with E-state index in [0.717, 1.165) is 10.9 Å². The first-order valence-corrected chi connectivity index (χ1v) is 8.51. The molecule has 0 aliphatic rings. The molecule has 0 fully saturated rings. The summed E-state index contributed by atoms with van der Waals surface area (Å²) in [5.74, 6) is 0.0526. The Kier molecular flexibility index (Phi) is 5.35. The number of benzene rings is 1. The van der Waals surface area contributed by atoms with Gasteiger partial charge in [0, 0.05) is 23.6 Å². The van der Waals surface area contributed by atoms with Gasteiger partial charge in [0.05, 0.1) is 18.6 Å². The summed E-state index contributed by atoms with van der Waals surface area (Å²) in [4.78, 5) is 41.4. The third-order valence-electron chi connectivity index (χ3n) is 4.04. The molecule has 0 saturated heterocycles. The van der Waals surface area contributed by atoms with Crippen LogP contribution in [0.25, 0.3) is 11.0 Å². The lowest BCUT2D eigenvalue weighted by Gasteiger charge is -2.15. The highest BCUT2D eigenvalue weighted by molar-refractivity contribution is 5.82. The molecule has 27 heavy (non-hydrogen) atoms. The molecule has 2 heterocycles. The second-order valence-corrected chi connectivity index (χ2v) is 5.98. The highest BCUT2D eigenvalue weighted by atomic mass is 16.5. The standard InChI is InChI=1S/C19H19N3O5/c1-3-12-6-18(24)27-16-8-14(4-5-15(12)16)26-11(2)19(25)20-9-13-7-17(23)22-10-21-13/h4-8,10-11H,3,9H2,1-2H3,(H,20,25)(H,21,22,23)/t11-/m1/s1. The zero-order valence-corrected chi connectivity index (χ0v) is 14.9. The Labute approximate surface area is 154 Å². The van der Waals surface area contributed by atoms with Crippen LogP contribution in [0.4, 0.5) is 0 Å². The van der Waals surface area contributed by atoms with Crippen molar-refractivity contribution in [3.8, 4) is 5.75 Å². The average molecular weight is 369 g/mol. The van der Waals surface area contributed by atoms with Gasteiger partial charge in [-0.05, 0) is 31.0 Å². The molecule has 0 aliphatic heterocycles. The van der Waals surface area contributed by atoms with Crippen LogP contribution in [0.2, 0.25) is 0 Å². The van der Waals surface area contributed by atoms with E-state index < -0.39 is 11.7 Å². The molecule has 1 aromatic carbocycles. The fourth-order valence-electron chi connectivity index (χ4n) is 2.66. The number of fused-ring (bicyclic) bond motifs is 1. The molecule has 0 spiro atoms. The van der Waals surface area contributed by atoms with Crippen LogP contribution in [0, 0.1) is 0 Å². The number of ether oxygens (including phenoxy) is 1. The van der Waals surface area contributed by atoms with Gasteiger partial charge in [-0.2, -0.15) is 0 Å². The van der Waals surface area contributed by atoms with Gasteiger partial charge in [-0.15, -0.1) is 0 Å². The Morgan fingerprint density at radius 2 is 2.11 bits per heavy atom. The summed E-state index contributed by atoms with van der Waals surface area (Å²) < 4.78 is 10.9. The lowest BCUT2D eigenvalue weighted by Crippen LogP contribution is -2.36. The van der Waals surface area contributed by atoms with Gasteiger partial charge in [0.25, 0.3) is 11.5 Å². The molecule has 0 unspecified atom stereocenters. The first-order valence-electron chi connectivity index (χ1n) is 8.51. The summed E-state index contributed by atoms with van der Waals surface area (Å²) in [6.07, 6.45) is 1.19. The first kappa shape index (κ1) is 18.4. The number of nitrogens with zero attached hydrogens (tertiary/aromatic N) is 1. The molecular weight excluding hydrogens is 350 g/mol. The Morgan fingerprint density at radius 3 is 2.85 bits per heavy atom. The Balaban J connectivity index is 1.69. The summed E-state index contributed by atoms with van der Waals surface area (Å²) in [7, 11) is 0. The van der Waals surface area contributed by atoms with E-state index in [1.165, 1.54) is 18.5 Å². The summed E-state index contributed by atoms with van der Waals surface area (Å²) in [5, 5.41) is 3.49. The SMILES string of the molecule is CCc1cc(=O)oc2cc(O[C@H](C)C(=O)NCc3cc(=O)[nH]cn3)ccc12. The van der Waals surface area contributed by atoms with E-state index in [-0.39, 0.29) is 18.0 Å². The van der Waals surface area contributed by atoms with Crippen molar-refractivity contribution in [2.24, 2.45) is 0 Å². The van der Waals surface area contributed by atoms with E-state index >= 15 is 0 Å². The van der Waals surface area contributed by atoms with E-state index in [1.807, 2.05) is 6.92 Å². The normalized spacial score (nSPS) is 11.9. The molecule has 1 amide bonds. The van der Waals surface area contributed by atoms with Gasteiger partial charge < -0.3 is 19.5 Å². The topological polar surface area (TPSA) is 114 Å². The Morgan fingerprint density at radius 1 is 1.30 bits per heavy atom. The number of carbonyl (C=O) groups excluding carboxylic acids is 1. The van der Waals surface area contributed by atoms with Crippen molar-refractivity contribution in [1.82, 2.24) is 15.3 Å². The van der Waals surface area contributed by atoms with Gasteiger partial charge in [-0.3, -0.25) is 9.59 Å². The lowest BCUT2D eigenvalue weighted by atomic mass is 10.1. The first-order chi connectivity index (χ1) is 13.0. The van der Waals surface area contributed by atoms with Crippen LogP contribution in [0.1, 0.15) is 25.1 Å². The van der Waals surface area contributed by atoms with Gasteiger partial charge in [-0.25, -0.2) is 9.78 Å². The van der Waals surface area contributed by atoms with E-state index in [9.17, 15) is 14.4 Å². The molecular formula is C19H19N3O5. The number of amides is 1. The fourth-order valence-corrected chi connectivity index (χ4v) is 2.66. The number of aromatic amines is 1. The maximum absolute atomic E-state index is 12.2. The summed E-state index contributed by atoms with van der Waals surface area (Å²) in [6.45, 7) is 3.67. The van der Waals surface area contributed by atoms with Crippen LogP contribution in [-0.4, -0.2) is 22.0 Å². The molecule has 1 atom stereocenters. The second-order valence-electron chi connectivity index (χ2n) is 5.98. The largest absolute Gasteiger partial charge is 0.481 e. The lowest BCUT2D eigenvalue weighted by molar-refractivity contribution is -0.127. The molecule has 0 saturated carbocycles. The number of nitrogens with one attached hydrogen (secondary N) is 2. The quantitative estimate of drug-likeness (QED) is 0.637. The molecule has 0 aliphatic carbocycles. The monoisotopic (exact) mass is 369 g/mol. The second kappa shape index (κ2) is 7.86. The Bertz CT molecular complexity index is 1090. The molecule has 2 aromatic heterocycles. The van der Waals surface area contributed by atoms with Crippen LogP contribution in [0.3, 0.4) is 0 Å². The number of rotatable bonds is 6. The maximum atomic E-state index is 12.2. The van der Waals surface area contributed by atoms with Crippen LogP contribution in [-0.2, 0) is 17.8 Å². The zero-order chi connectivity index (χ0) is 19.4. The minimum Gasteiger partial charge on any atom is -0.481 e. The predicted molar refractivity (Wildman–Crippen MR) is 98.7 cm³/mol. The van der Waals surface area contributed by atoms with Gasteiger partial charge >= 0.3 is 5.63 Å². The number of aromatic nitrogens is 2. The minimum atomic E-state index is -0.787. The van der Waals surface area contributed by atoms with Crippen molar-refractivity contribution in [3.05, 3.63) is 68.7 Å². The van der Waals surface area contributed by atoms with Crippen molar-refractivity contribution in [2.75, 3.05) is 0 Å². The third-order valence-corrected chi connectivity index (χ3v) is 4.04. The molecule has 140 valence electrons. The molecule has 8 heteroatoms. The van der Waals surface area contributed by atoms with Crippen LogP contribution >= 0.6 is 0 Å². The molecule has 0 bridgehead atoms. The summed E-state index contributed by atoms with van der Waals surface area (Å²) >= 11 is 0. The molecule has 3 rings (SSSR count). The number of hydrogen-bond donors (Lipinski definition) is 2. The van der Waals surface area contributed by atoms with Crippen molar-refractivity contribution in [3.63, 3.8) is 0 Å². The third kappa shape index (κ3) is 4.41. The van der Waals surface area contributed by atoms with Crippen LogP contribution in [0.15, 0.2) is 50.7 Å². The Hall–Kier alpha value is -3.42. The predicted octanol–water partition coefficient (Wildman–Crippen LogP) is 1.52. The van der Waals surface area contributed by atoms with Gasteiger partial charge in [0.2, 0.25) is 0 Å². The highest BCUT2D eigenvalue weighted by Gasteiger charge is 2.15. The van der Waals surface area contributed by atoms with E-state index in [1.54, 1.807) is 25.1 Å². The van der Waals surface area contributed by atoms with Crippen molar-refractivity contribution in [2.45, 2.75) is 32.9 Å². The number of H-pyrrole nitrogens is 1. The van der Waals surface area contributed by atoms with E-state index in [4.69, 9.17) is 9.15 Å². The molecule has 8 nitrogen and oxygen atoms in total. The average Bonchev–Trinajstić information content (AvgIpc) is 2.65. The minimum absolute atomic E-state index is 0.114. The zero-order valence-electron chi connectivity index (χ0n) is 14.9. The fraction of sp³-hybridized carbons (Fsp3) is 0.263. The van der Waals surface area contributed by atoms with E-state index in [2.05, 4.69) is 15.3 Å². The molecule has 2 N–H and O–H groups in total. The summed E-state index contributed by atoms with van der Waals surface area (Å²) in [6, 6.07) is 7.91. The van der Waals surface area contributed by atoms with Crippen LogP contribution < -0.4 is 21.2 Å². The number of carbonyl (C=O) groups is 1. The number of aryl methyl sites for hydroxylation is 1. The number of hydrogen-bond acceptors (Lipinski definition) is 6. The van der Waals surface area contributed by atoms with Crippen molar-refractivity contribution in [1.29, 1.82) is 0 Å². The van der Waals surface area contributed by atoms with Gasteiger partial charge in [0.15, 0.2) is 6.10 Å².